The van der Waals surface area contributed by atoms with Crippen LogP contribution in [0.2, 0.25) is 0 Å². The van der Waals surface area contributed by atoms with Crippen molar-refractivity contribution in [1.29, 1.82) is 0 Å². The average molecular weight is 245 g/mol. The lowest BCUT2D eigenvalue weighted by atomic mass is 10.2. The van der Waals surface area contributed by atoms with Crippen molar-refractivity contribution in [3.05, 3.63) is 29.8 Å². The van der Waals surface area contributed by atoms with E-state index < -0.39 is 0 Å². The van der Waals surface area contributed by atoms with E-state index in [2.05, 4.69) is 23.8 Å². The minimum absolute atomic E-state index is 0.114. The average Bonchev–Trinajstić information content (AvgIpc) is 3.21. The number of hydrogen-bond donors (Lipinski definition) is 1. The van der Waals surface area contributed by atoms with Gasteiger partial charge in [0.05, 0.1) is 0 Å². The van der Waals surface area contributed by atoms with Crippen molar-refractivity contribution in [3.8, 4) is 17.6 Å². The van der Waals surface area contributed by atoms with Crippen LogP contribution in [-0.4, -0.2) is 42.9 Å². The van der Waals surface area contributed by atoms with Crippen molar-refractivity contribution in [2.45, 2.75) is 18.9 Å². The molecule has 3 heteroatoms. The molecule has 1 aromatic rings. The van der Waals surface area contributed by atoms with Crippen LogP contribution in [0, 0.1) is 11.8 Å². The summed E-state index contributed by atoms with van der Waals surface area (Å²) in [5.41, 5.74) is 0.872. The minimum atomic E-state index is -0.114. The van der Waals surface area contributed by atoms with Gasteiger partial charge in [0.15, 0.2) is 0 Å². The Bertz CT molecular complexity index is 443. The molecular weight excluding hydrogens is 226 g/mol. The van der Waals surface area contributed by atoms with Gasteiger partial charge in [-0.05, 0) is 38.1 Å². The number of benzene rings is 1. The quantitative estimate of drug-likeness (QED) is 0.798. The van der Waals surface area contributed by atoms with E-state index in [1.54, 1.807) is 0 Å². The van der Waals surface area contributed by atoms with Gasteiger partial charge in [0, 0.05) is 18.2 Å². The molecule has 18 heavy (non-hydrogen) atoms. The van der Waals surface area contributed by atoms with E-state index >= 15 is 0 Å². The Kier molecular flexibility index (Phi) is 4.63. The first kappa shape index (κ1) is 12.9. The van der Waals surface area contributed by atoms with Crippen LogP contribution in [0.3, 0.4) is 0 Å². The number of likely N-dealkylation sites (N-methyl/N-ethyl adjacent to an activating group) is 1. The Balaban J connectivity index is 1.81. The normalized spacial score (nSPS) is 14.2. The number of hydrogen-bond acceptors (Lipinski definition) is 3. The maximum Gasteiger partial charge on any atom is 0.120 e. The van der Waals surface area contributed by atoms with E-state index in [-0.39, 0.29) is 6.61 Å². The zero-order valence-electron chi connectivity index (χ0n) is 10.7. The summed E-state index contributed by atoms with van der Waals surface area (Å²) in [6.07, 6.45) is 2.64. The maximum absolute atomic E-state index is 8.65. The Morgan fingerprint density at radius 2 is 2.28 bits per heavy atom. The number of ether oxygens (including phenoxy) is 1. The summed E-state index contributed by atoms with van der Waals surface area (Å²) in [4.78, 5) is 2.34. The fourth-order valence-corrected chi connectivity index (χ4v) is 1.81. The van der Waals surface area contributed by atoms with E-state index in [4.69, 9.17) is 9.84 Å². The Morgan fingerprint density at radius 1 is 1.44 bits per heavy atom. The molecule has 0 amide bonds. The van der Waals surface area contributed by atoms with Gasteiger partial charge in [0.1, 0.15) is 19.0 Å². The molecule has 0 atom stereocenters. The summed E-state index contributed by atoms with van der Waals surface area (Å²) in [7, 11) is 2.14. The third-order valence-electron chi connectivity index (χ3n) is 3.03. The fourth-order valence-electron chi connectivity index (χ4n) is 1.81. The van der Waals surface area contributed by atoms with Crippen molar-refractivity contribution in [2.24, 2.45) is 0 Å². The smallest absolute Gasteiger partial charge is 0.120 e. The van der Waals surface area contributed by atoms with Crippen molar-refractivity contribution >= 4 is 0 Å². The minimum Gasteiger partial charge on any atom is -0.492 e. The molecule has 0 saturated heterocycles. The lowest BCUT2D eigenvalue weighted by Crippen LogP contribution is -2.26. The van der Waals surface area contributed by atoms with Crippen LogP contribution < -0.4 is 4.74 Å². The standard InChI is InChI=1S/C15H19NO2/c1-16(14-7-8-14)9-11-18-15-6-2-4-13(12-15)5-3-10-17/h2,4,6,12,14,17H,7-11H2,1H3. The molecule has 1 saturated carbocycles. The molecule has 1 aromatic carbocycles. The molecule has 0 aromatic heterocycles. The highest BCUT2D eigenvalue weighted by molar-refractivity contribution is 5.39. The molecule has 96 valence electrons. The summed E-state index contributed by atoms with van der Waals surface area (Å²) in [6, 6.07) is 8.43. The van der Waals surface area contributed by atoms with E-state index in [9.17, 15) is 0 Å². The van der Waals surface area contributed by atoms with Crippen molar-refractivity contribution in [1.82, 2.24) is 4.90 Å². The molecule has 0 radical (unpaired) electrons. The second-order valence-corrected chi connectivity index (χ2v) is 4.55. The second-order valence-electron chi connectivity index (χ2n) is 4.55. The van der Waals surface area contributed by atoms with Crippen LogP contribution in [0.1, 0.15) is 18.4 Å². The van der Waals surface area contributed by atoms with Gasteiger partial charge in [0.25, 0.3) is 0 Å². The van der Waals surface area contributed by atoms with Crippen molar-refractivity contribution in [2.75, 3.05) is 26.8 Å². The molecule has 2 rings (SSSR count). The molecular formula is C15H19NO2. The van der Waals surface area contributed by atoms with Gasteiger partial charge >= 0.3 is 0 Å². The van der Waals surface area contributed by atoms with Gasteiger partial charge in [-0.25, -0.2) is 0 Å². The summed E-state index contributed by atoms with van der Waals surface area (Å²) in [5, 5.41) is 8.65. The lowest BCUT2D eigenvalue weighted by molar-refractivity contribution is 0.232. The van der Waals surface area contributed by atoms with Gasteiger partial charge in [-0.15, -0.1) is 0 Å². The molecule has 1 aliphatic rings. The molecule has 1 aliphatic carbocycles. The predicted octanol–water partition coefficient (Wildman–Crippen LogP) is 1.50. The molecule has 0 aliphatic heterocycles. The van der Waals surface area contributed by atoms with E-state index in [1.165, 1.54) is 12.8 Å². The Labute approximate surface area is 108 Å². The third kappa shape index (κ3) is 4.06. The fraction of sp³-hybridized carbons (Fsp3) is 0.467. The number of rotatable bonds is 5. The first-order valence-electron chi connectivity index (χ1n) is 6.32. The summed E-state index contributed by atoms with van der Waals surface area (Å²) >= 11 is 0. The zero-order chi connectivity index (χ0) is 12.8. The molecule has 1 fully saturated rings. The van der Waals surface area contributed by atoms with Crippen LogP contribution in [-0.2, 0) is 0 Å². The topological polar surface area (TPSA) is 32.7 Å². The van der Waals surface area contributed by atoms with Crippen molar-refractivity contribution in [3.63, 3.8) is 0 Å². The highest BCUT2D eigenvalue weighted by Crippen LogP contribution is 2.24. The molecule has 1 N–H and O–H groups in total. The molecule has 0 unspecified atom stereocenters. The summed E-state index contributed by atoms with van der Waals surface area (Å²) in [5.74, 6) is 6.34. The monoisotopic (exact) mass is 245 g/mol. The largest absolute Gasteiger partial charge is 0.492 e. The van der Waals surface area contributed by atoms with Crippen LogP contribution in [0.25, 0.3) is 0 Å². The van der Waals surface area contributed by atoms with Crippen LogP contribution in [0.4, 0.5) is 0 Å². The first-order valence-corrected chi connectivity index (χ1v) is 6.32. The van der Waals surface area contributed by atoms with Crippen molar-refractivity contribution < 1.29 is 9.84 Å². The van der Waals surface area contributed by atoms with Crippen LogP contribution >= 0.6 is 0 Å². The van der Waals surface area contributed by atoms with Crippen LogP contribution in [0.15, 0.2) is 24.3 Å². The number of aliphatic hydroxyl groups excluding tert-OH is 1. The second kappa shape index (κ2) is 6.44. The lowest BCUT2D eigenvalue weighted by Gasteiger charge is -2.15. The van der Waals surface area contributed by atoms with E-state index in [0.29, 0.717) is 6.61 Å². The van der Waals surface area contributed by atoms with Gasteiger partial charge < -0.3 is 14.7 Å². The maximum atomic E-state index is 8.65. The van der Waals surface area contributed by atoms with Gasteiger partial charge in [0.2, 0.25) is 0 Å². The summed E-state index contributed by atoms with van der Waals surface area (Å²) in [6.45, 7) is 1.54. The van der Waals surface area contributed by atoms with E-state index in [0.717, 1.165) is 23.9 Å². The third-order valence-corrected chi connectivity index (χ3v) is 3.03. The van der Waals surface area contributed by atoms with E-state index in [1.807, 2.05) is 24.3 Å². The highest BCUT2D eigenvalue weighted by Gasteiger charge is 2.25. The molecule has 3 nitrogen and oxygen atoms in total. The molecule has 0 bridgehead atoms. The Hall–Kier alpha value is -1.50. The summed E-state index contributed by atoms with van der Waals surface area (Å²) < 4.78 is 5.70. The number of aliphatic hydroxyl groups is 1. The molecule has 0 spiro atoms. The Morgan fingerprint density at radius 3 is 3.00 bits per heavy atom. The molecule has 0 heterocycles. The predicted molar refractivity (Wildman–Crippen MR) is 71.6 cm³/mol. The zero-order valence-corrected chi connectivity index (χ0v) is 10.7. The number of nitrogens with zero attached hydrogens (tertiary/aromatic N) is 1. The first-order chi connectivity index (χ1) is 8.79. The highest BCUT2D eigenvalue weighted by atomic mass is 16.5. The van der Waals surface area contributed by atoms with Gasteiger partial charge in [-0.1, -0.05) is 17.9 Å². The SMILES string of the molecule is CN(CCOc1cccc(C#CCO)c1)C1CC1. The van der Waals surface area contributed by atoms with Gasteiger partial charge in [-0.2, -0.15) is 0 Å². The van der Waals surface area contributed by atoms with Gasteiger partial charge in [-0.3, -0.25) is 0 Å². The van der Waals surface area contributed by atoms with Crippen LogP contribution in [0.5, 0.6) is 5.75 Å².